The van der Waals surface area contributed by atoms with Crippen LogP contribution < -0.4 is 5.32 Å². The lowest BCUT2D eigenvalue weighted by atomic mass is 10.2. The number of hydrogen-bond acceptors (Lipinski definition) is 3. The Hall–Kier alpha value is -0.980. The first kappa shape index (κ1) is 15.0. The third kappa shape index (κ3) is 3.26. The molecule has 4 nitrogen and oxygen atoms in total. The summed E-state index contributed by atoms with van der Waals surface area (Å²) in [6.45, 7) is 2.38. The van der Waals surface area contributed by atoms with Crippen LogP contribution in [0.4, 0.5) is 13.2 Å². The van der Waals surface area contributed by atoms with Crippen LogP contribution in [0.3, 0.4) is 0 Å². The molecule has 1 N–H and O–H groups in total. The standard InChI is InChI=1S/C8H11ClF3NO3/c1-3-5(14)13-7(9,8(10,11)12)6(15)16-4-2/h3-4H2,1-2H3,(H,13,14)/t7-/m0/s1. The van der Waals surface area contributed by atoms with Gasteiger partial charge in [0.1, 0.15) is 0 Å². The first-order chi connectivity index (χ1) is 7.19. The molecule has 1 amide bonds. The Morgan fingerprint density at radius 1 is 1.31 bits per heavy atom. The SMILES string of the molecule is CCOC(=O)[C@](Cl)(NC(=O)CC)C(F)(F)F. The Kier molecular flexibility index (Phi) is 5.05. The quantitative estimate of drug-likeness (QED) is 0.475. The smallest absolute Gasteiger partial charge is 0.437 e. The fraction of sp³-hybridized carbons (Fsp3) is 0.750. The fourth-order valence-electron chi connectivity index (χ4n) is 0.749. The number of amides is 1. The molecule has 1 atom stereocenters. The summed E-state index contributed by atoms with van der Waals surface area (Å²) < 4.78 is 41.8. The first-order valence-electron chi connectivity index (χ1n) is 4.42. The molecule has 94 valence electrons. The van der Waals surface area contributed by atoms with Gasteiger partial charge in [0.05, 0.1) is 6.61 Å². The molecule has 16 heavy (non-hydrogen) atoms. The molecular formula is C8H11ClF3NO3. The van der Waals surface area contributed by atoms with Crippen molar-refractivity contribution in [3.8, 4) is 0 Å². The van der Waals surface area contributed by atoms with Crippen LogP contribution in [-0.4, -0.2) is 29.7 Å². The maximum absolute atomic E-state index is 12.5. The highest BCUT2D eigenvalue weighted by Crippen LogP contribution is 2.35. The molecule has 0 heterocycles. The van der Waals surface area contributed by atoms with Crippen molar-refractivity contribution in [1.82, 2.24) is 5.32 Å². The molecule has 0 rings (SSSR count). The number of ether oxygens (including phenoxy) is 1. The van der Waals surface area contributed by atoms with Crippen molar-refractivity contribution < 1.29 is 27.5 Å². The van der Waals surface area contributed by atoms with E-state index in [4.69, 9.17) is 11.6 Å². The molecule has 0 unspecified atom stereocenters. The van der Waals surface area contributed by atoms with Crippen molar-refractivity contribution in [2.45, 2.75) is 31.4 Å². The Bertz CT molecular complexity index is 282. The third-order valence-corrected chi connectivity index (χ3v) is 2.04. The zero-order valence-electron chi connectivity index (χ0n) is 8.65. The van der Waals surface area contributed by atoms with Crippen LogP contribution in [0.1, 0.15) is 20.3 Å². The van der Waals surface area contributed by atoms with E-state index in [1.54, 1.807) is 0 Å². The predicted molar refractivity (Wildman–Crippen MR) is 49.7 cm³/mol. The maximum atomic E-state index is 12.5. The van der Waals surface area contributed by atoms with Crippen LogP contribution in [0.25, 0.3) is 0 Å². The van der Waals surface area contributed by atoms with Crippen molar-refractivity contribution in [3.05, 3.63) is 0 Å². The number of carbonyl (C=O) groups is 2. The minimum Gasteiger partial charge on any atom is -0.463 e. The molecule has 0 radical (unpaired) electrons. The summed E-state index contributed by atoms with van der Waals surface area (Å²) in [6.07, 6.45) is -5.37. The third-order valence-electron chi connectivity index (χ3n) is 1.58. The lowest BCUT2D eigenvalue weighted by molar-refractivity contribution is -0.195. The number of carbonyl (C=O) groups excluding carboxylic acids is 2. The summed E-state index contributed by atoms with van der Waals surface area (Å²) >= 11 is 5.09. The number of rotatable bonds is 4. The molecule has 0 aliphatic heterocycles. The Morgan fingerprint density at radius 3 is 2.12 bits per heavy atom. The first-order valence-corrected chi connectivity index (χ1v) is 4.80. The zero-order chi connectivity index (χ0) is 13.0. The number of esters is 1. The minimum absolute atomic E-state index is 0.232. The van der Waals surface area contributed by atoms with Gasteiger partial charge in [0.25, 0.3) is 0 Å². The van der Waals surface area contributed by atoms with E-state index in [-0.39, 0.29) is 13.0 Å². The average Bonchev–Trinajstić information content (AvgIpc) is 2.16. The van der Waals surface area contributed by atoms with E-state index in [1.165, 1.54) is 19.2 Å². The minimum atomic E-state index is -5.13. The van der Waals surface area contributed by atoms with Gasteiger partial charge in [-0.3, -0.25) is 4.79 Å². The highest BCUT2D eigenvalue weighted by molar-refractivity contribution is 6.35. The van der Waals surface area contributed by atoms with Gasteiger partial charge in [-0.2, -0.15) is 13.2 Å². The van der Waals surface area contributed by atoms with Crippen molar-refractivity contribution in [2.24, 2.45) is 0 Å². The van der Waals surface area contributed by atoms with Crippen LogP contribution in [-0.2, 0) is 14.3 Å². The van der Waals surface area contributed by atoms with Gasteiger partial charge in [0.15, 0.2) is 0 Å². The lowest BCUT2D eigenvalue weighted by Gasteiger charge is -2.27. The number of nitrogens with one attached hydrogen (secondary N) is 1. The number of halogens is 4. The summed E-state index contributed by atoms with van der Waals surface area (Å²) in [5.41, 5.74) is 0. The number of alkyl halides is 4. The second-order valence-electron chi connectivity index (χ2n) is 2.78. The second-order valence-corrected chi connectivity index (χ2v) is 3.35. The summed E-state index contributed by atoms with van der Waals surface area (Å²) in [6, 6.07) is 0. The molecular weight excluding hydrogens is 251 g/mol. The van der Waals surface area contributed by atoms with Gasteiger partial charge in [0, 0.05) is 6.42 Å². The Balaban J connectivity index is 5.04. The van der Waals surface area contributed by atoms with E-state index in [1.807, 2.05) is 0 Å². The van der Waals surface area contributed by atoms with E-state index in [2.05, 4.69) is 4.74 Å². The molecule has 0 saturated heterocycles. The van der Waals surface area contributed by atoms with E-state index >= 15 is 0 Å². The molecule has 0 saturated carbocycles. The van der Waals surface area contributed by atoms with Crippen LogP contribution in [0.2, 0.25) is 0 Å². The van der Waals surface area contributed by atoms with Crippen molar-refractivity contribution in [3.63, 3.8) is 0 Å². The second kappa shape index (κ2) is 5.38. The van der Waals surface area contributed by atoms with Crippen molar-refractivity contribution >= 4 is 23.5 Å². The van der Waals surface area contributed by atoms with Gasteiger partial charge in [-0.1, -0.05) is 18.5 Å². The molecule has 0 aromatic rings. The molecule has 0 aliphatic carbocycles. The van der Waals surface area contributed by atoms with Gasteiger partial charge in [-0.05, 0) is 6.92 Å². The summed E-state index contributed by atoms with van der Waals surface area (Å²) in [5, 5.41) is 1.39. The van der Waals surface area contributed by atoms with Crippen LogP contribution in [0.15, 0.2) is 0 Å². The largest absolute Gasteiger partial charge is 0.463 e. The molecule has 0 aromatic heterocycles. The molecule has 0 aliphatic rings. The van der Waals surface area contributed by atoms with Gasteiger partial charge in [-0.25, -0.2) is 4.79 Å². The zero-order valence-corrected chi connectivity index (χ0v) is 9.41. The predicted octanol–water partition coefficient (Wildman–Crippen LogP) is 1.57. The molecule has 0 aromatic carbocycles. The van der Waals surface area contributed by atoms with Crippen LogP contribution >= 0.6 is 11.6 Å². The molecule has 0 spiro atoms. The molecule has 0 fully saturated rings. The van der Waals surface area contributed by atoms with E-state index < -0.39 is 23.1 Å². The van der Waals surface area contributed by atoms with Crippen LogP contribution in [0, 0.1) is 0 Å². The monoisotopic (exact) mass is 261 g/mol. The van der Waals surface area contributed by atoms with Crippen molar-refractivity contribution in [2.75, 3.05) is 6.61 Å². The normalized spacial score (nSPS) is 15.1. The average molecular weight is 262 g/mol. The van der Waals surface area contributed by atoms with E-state index in [9.17, 15) is 22.8 Å². The van der Waals surface area contributed by atoms with E-state index in [0.29, 0.717) is 0 Å². The summed E-state index contributed by atoms with van der Waals surface area (Å²) in [5.74, 6) is -2.74. The highest BCUT2D eigenvalue weighted by atomic mass is 35.5. The maximum Gasteiger partial charge on any atom is 0.437 e. The van der Waals surface area contributed by atoms with Crippen LogP contribution in [0.5, 0.6) is 0 Å². The summed E-state index contributed by atoms with van der Waals surface area (Å²) in [7, 11) is 0. The highest BCUT2D eigenvalue weighted by Gasteiger charge is 2.62. The summed E-state index contributed by atoms with van der Waals surface area (Å²) in [4.78, 5) is 18.4. The molecule has 0 bridgehead atoms. The molecule has 8 heteroatoms. The Morgan fingerprint density at radius 2 is 1.81 bits per heavy atom. The van der Waals surface area contributed by atoms with Crippen molar-refractivity contribution in [1.29, 1.82) is 0 Å². The van der Waals surface area contributed by atoms with Gasteiger partial charge in [-0.15, -0.1) is 0 Å². The van der Waals surface area contributed by atoms with Gasteiger partial charge < -0.3 is 10.1 Å². The van der Waals surface area contributed by atoms with Gasteiger partial charge in [0.2, 0.25) is 5.91 Å². The van der Waals surface area contributed by atoms with Gasteiger partial charge >= 0.3 is 17.1 Å². The number of hydrogen-bond donors (Lipinski definition) is 1. The Labute approximate surface area is 95.1 Å². The fourth-order valence-corrected chi connectivity index (χ4v) is 0.909. The van der Waals surface area contributed by atoms with E-state index in [0.717, 1.165) is 0 Å². The lowest BCUT2D eigenvalue weighted by Crippen LogP contribution is -2.60. The topological polar surface area (TPSA) is 55.4 Å².